The number of carbonyl (C=O) groups excluding carboxylic acids is 4. The molecule has 2 amide bonds. The molecule has 0 saturated carbocycles. The van der Waals surface area contributed by atoms with E-state index in [1.807, 2.05) is 0 Å². The van der Waals surface area contributed by atoms with Crippen LogP contribution in [0.2, 0.25) is 0 Å². The van der Waals surface area contributed by atoms with Gasteiger partial charge in [-0.2, -0.15) is 0 Å². The Hall–Kier alpha value is -4.28. The highest BCUT2D eigenvalue weighted by molar-refractivity contribution is 5.98. The van der Waals surface area contributed by atoms with E-state index in [1.165, 1.54) is 55.5 Å². The smallest absolute Gasteiger partial charge is 0.308 e. The number of nitrogens with two attached hydrogens (primary N) is 1. The first-order chi connectivity index (χ1) is 15.6. The SMILES string of the molecule is CCOC(=O)C[C@@H](c1ccc([N+](=O)[O-])cc1)[C@H](NC(=O)c1cccc(OC(C)=O)c1)C(N)=O. The van der Waals surface area contributed by atoms with Gasteiger partial charge in [0, 0.05) is 30.5 Å². The van der Waals surface area contributed by atoms with Gasteiger partial charge >= 0.3 is 11.9 Å². The highest BCUT2D eigenvalue weighted by Gasteiger charge is 2.32. The maximum absolute atomic E-state index is 12.8. The largest absolute Gasteiger partial charge is 0.466 e. The van der Waals surface area contributed by atoms with Gasteiger partial charge in [0.2, 0.25) is 5.91 Å². The third-order valence-corrected chi connectivity index (χ3v) is 4.58. The molecule has 0 aromatic heterocycles. The summed E-state index contributed by atoms with van der Waals surface area (Å²) in [6, 6.07) is 9.56. The maximum atomic E-state index is 12.8. The van der Waals surface area contributed by atoms with Crippen LogP contribution < -0.4 is 15.8 Å². The van der Waals surface area contributed by atoms with Crippen LogP contribution in [-0.4, -0.2) is 41.3 Å². The zero-order chi connectivity index (χ0) is 24.5. The monoisotopic (exact) mass is 457 g/mol. The van der Waals surface area contributed by atoms with Crippen LogP contribution >= 0.6 is 0 Å². The van der Waals surface area contributed by atoms with Gasteiger partial charge in [-0.05, 0) is 30.7 Å². The number of nitrogens with one attached hydrogen (secondary N) is 1. The zero-order valence-corrected chi connectivity index (χ0v) is 18.0. The van der Waals surface area contributed by atoms with Crippen molar-refractivity contribution < 1.29 is 33.6 Å². The topological polar surface area (TPSA) is 168 Å². The van der Waals surface area contributed by atoms with Crippen LogP contribution in [0.1, 0.15) is 42.1 Å². The standard InChI is InChI=1S/C22H23N3O8/c1-3-32-19(27)12-18(14-7-9-16(10-8-14)25(30)31)20(21(23)28)24-22(29)15-5-4-6-17(11-15)33-13(2)26/h4-11,18,20H,3,12H2,1-2H3,(H2,23,28)(H,24,29)/t18-,20-/m0/s1. The molecule has 0 aliphatic carbocycles. The van der Waals surface area contributed by atoms with E-state index >= 15 is 0 Å². The van der Waals surface area contributed by atoms with E-state index in [4.69, 9.17) is 15.2 Å². The number of carbonyl (C=O) groups is 4. The molecule has 0 bridgehead atoms. The van der Waals surface area contributed by atoms with Crippen molar-refractivity contribution >= 4 is 29.4 Å². The average Bonchev–Trinajstić information content (AvgIpc) is 2.75. The fraction of sp³-hybridized carbons (Fsp3) is 0.273. The zero-order valence-electron chi connectivity index (χ0n) is 18.0. The van der Waals surface area contributed by atoms with Crippen molar-refractivity contribution in [2.24, 2.45) is 5.73 Å². The molecule has 33 heavy (non-hydrogen) atoms. The van der Waals surface area contributed by atoms with Crippen molar-refractivity contribution in [3.63, 3.8) is 0 Å². The average molecular weight is 457 g/mol. The minimum absolute atomic E-state index is 0.0820. The molecule has 0 spiro atoms. The van der Waals surface area contributed by atoms with E-state index in [2.05, 4.69) is 5.32 Å². The summed E-state index contributed by atoms with van der Waals surface area (Å²) in [5.74, 6) is -3.67. The molecule has 2 rings (SSSR count). The Labute approximate surface area is 189 Å². The third-order valence-electron chi connectivity index (χ3n) is 4.58. The minimum atomic E-state index is -1.35. The Bertz CT molecular complexity index is 1050. The minimum Gasteiger partial charge on any atom is -0.466 e. The molecule has 0 radical (unpaired) electrons. The van der Waals surface area contributed by atoms with Gasteiger partial charge in [-0.25, -0.2) is 0 Å². The first-order valence-corrected chi connectivity index (χ1v) is 9.91. The molecule has 2 atom stereocenters. The predicted molar refractivity (Wildman–Crippen MR) is 115 cm³/mol. The van der Waals surface area contributed by atoms with Gasteiger partial charge < -0.3 is 20.5 Å². The van der Waals surface area contributed by atoms with Gasteiger partial charge in [-0.3, -0.25) is 29.3 Å². The summed E-state index contributed by atoms with van der Waals surface area (Å²) in [6.07, 6.45) is -0.312. The van der Waals surface area contributed by atoms with Crippen LogP contribution in [0, 0.1) is 10.1 Å². The fourth-order valence-corrected chi connectivity index (χ4v) is 3.13. The van der Waals surface area contributed by atoms with E-state index < -0.39 is 40.6 Å². The number of rotatable bonds is 10. The van der Waals surface area contributed by atoms with Gasteiger partial charge in [0.25, 0.3) is 11.6 Å². The fourth-order valence-electron chi connectivity index (χ4n) is 3.13. The van der Waals surface area contributed by atoms with Crippen LogP contribution in [0.4, 0.5) is 5.69 Å². The van der Waals surface area contributed by atoms with Crippen LogP contribution in [-0.2, 0) is 19.1 Å². The van der Waals surface area contributed by atoms with Crippen LogP contribution in [0.25, 0.3) is 0 Å². The van der Waals surface area contributed by atoms with Crippen LogP contribution in [0.3, 0.4) is 0 Å². The number of benzene rings is 2. The molecule has 0 saturated heterocycles. The summed E-state index contributed by atoms with van der Waals surface area (Å²) < 4.78 is 9.93. The summed E-state index contributed by atoms with van der Waals surface area (Å²) in [7, 11) is 0. The van der Waals surface area contributed by atoms with Gasteiger partial charge in [0.1, 0.15) is 11.8 Å². The molecule has 2 aromatic carbocycles. The van der Waals surface area contributed by atoms with Crippen molar-refractivity contribution in [1.29, 1.82) is 0 Å². The Morgan fingerprint density at radius 1 is 1.12 bits per heavy atom. The van der Waals surface area contributed by atoms with Crippen LogP contribution in [0.5, 0.6) is 5.75 Å². The predicted octanol–water partition coefficient (Wildman–Crippen LogP) is 1.84. The molecule has 3 N–H and O–H groups in total. The molecule has 0 aliphatic heterocycles. The lowest BCUT2D eigenvalue weighted by Gasteiger charge is -2.25. The first kappa shape index (κ1) is 25.0. The second-order valence-corrected chi connectivity index (χ2v) is 6.94. The molecule has 2 aromatic rings. The van der Waals surface area contributed by atoms with Gasteiger partial charge in [0.15, 0.2) is 0 Å². The molecule has 11 heteroatoms. The second kappa shape index (κ2) is 11.4. The summed E-state index contributed by atoms with van der Waals surface area (Å²) in [4.78, 5) is 58.8. The quantitative estimate of drug-likeness (QED) is 0.236. The van der Waals surface area contributed by atoms with Crippen molar-refractivity contribution in [3.05, 3.63) is 69.8 Å². The van der Waals surface area contributed by atoms with Crippen molar-refractivity contribution in [1.82, 2.24) is 5.32 Å². The van der Waals surface area contributed by atoms with Crippen molar-refractivity contribution in [3.8, 4) is 5.75 Å². The van der Waals surface area contributed by atoms with E-state index in [0.29, 0.717) is 5.56 Å². The Kier molecular flexibility index (Phi) is 8.61. The second-order valence-electron chi connectivity index (χ2n) is 6.94. The number of nitro benzene ring substituents is 1. The number of hydrogen-bond donors (Lipinski definition) is 2. The molecule has 11 nitrogen and oxygen atoms in total. The maximum Gasteiger partial charge on any atom is 0.308 e. The lowest BCUT2D eigenvalue weighted by molar-refractivity contribution is -0.384. The number of hydrogen-bond acceptors (Lipinski definition) is 8. The number of ether oxygens (including phenoxy) is 2. The van der Waals surface area contributed by atoms with Gasteiger partial charge in [-0.15, -0.1) is 0 Å². The summed E-state index contributed by atoms with van der Waals surface area (Å²) in [5.41, 5.74) is 5.81. The summed E-state index contributed by atoms with van der Waals surface area (Å²) >= 11 is 0. The Morgan fingerprint density at radius 2 is 1.79 bits per heavy atom. The summed E-state index contributed by atoms with van der Waals surface area (Å²) in [6.45, 7) is 2.92. The Morgan fingerprint density at radius 3 is 2.33 bits per heavy atom. The molecule has 0 heterocycles. The third kappa shape index (κ3) is 7.13. The van der Waals surface area contributed by atoms with E-state index in [9.17, 15) is 29.3 Å². The lowest BCUT2D eigenvalue weighted by Crippen LogP contribution is -2.48. The van der Waals surface area contributed by atoms with Gasteiger partial charge in [-0.1, -0.05) is 18.2 Å². The highest BCUT2D eigenvalue weighted by atomic mass is 16.6. The van der Waals surface area contributed by atoms with Crippen molar-refractivity contribution in [2.75, 3.05) is 6.61 Å². The van der Waals surface area contributed by atoms with E-state index in [-0.39, 0.29) is 30.0 Å². The normalized spacial score (nSPS) is 12.2. The number of non-ortho nitro benzene ring substituents is 1. The number of nitro groups is 1. The van der Waals surface area contributed by atoms with E-state index in [1.54, 1.807) is 6.92 Å². The lowest BCUT2D eigenvalue weighted by atomic mass is 9.87. The Balaban J connectivity index is 2.37. The number of esters is 2. The summed E-state index contributed by atoms with van der Waals surface area (Å²) in [5, 5.41) is 13.5. The highest BCUT2D eigenvalue weighted by Crippen LogP contribution is 2.27. The van der Waals surface area contributed by atoms with Crippen molar-refractivity contribution in [2.45, 2.75) is 32.2 Å². The number of amides is 2. The number of primary amides is 1. The van der Waals surface area contributed by atoms with Crippen LogP contribution in [0.15, 0.2) is 48.5 Å². The molecule has 0 unspecified atom stereocenters. The molecular formula is C22H23N3O8. The number of nitrogens with zero attached hydrogens (tertiary/aromatic N) is 1. The molecule has 174 valence electrons. The van der Waals surface area contributed by atoms with E-state index in [0.717, 1.165) is 0 Å². The van der Waals surface area contributed by atoms with Gasteiger partial charge in [0.05, 0.1) is 18.0 Å². The molecule has 0 fully saturated rings. The molecular weight excluding hydrogens is 434 g/mol. The first-order valence-electron chi connectivity index (χ1n) is 9.91. The molecule has 0 aliphatic rings.